The molecule has 2 aliphatic heterocycles. The predicted octanol–water partition coefficient (Wildman–Crippen LogP) is 5.53. The number of hydrazine groups is 1. The summed E-state index contributed by atoms with van der Waals surface area (Å²) in [4.78, 5) is 28.6. The van der Waals surface area contributed by atoms with Crippen LogP contribution in [0.4, 0.5) is 11.4 Å². The van der Waals surface area contributed by atoms with Gasteiger partial charge in [-0.15, -0.1) is 0 Å². The Labute approximate surface area is 249 Å². The maximum Gasteiger partial charge on any atom is 0.247 e. The Bertz CT molecular complexity index is 1540. The van der Waals surface area contributed by atoms with E-state index in [1.807, 2.05) is 31.0 Å². The third-order valence-electron chi connectivity index (χ3n) is 7.73. The summed E-state index contributed by atoms with van der Waals surface area (Å²) in [7, 11) is 1.86. The Morgan fingerprint density at radius 1 is 1.20 bits per heavy atom. The lowest BCUT2D eigenvalue weighted by Gasteiger charge is -2.35. The van der Waals surface area contributed by atoms with E-state index in [4.69, 9.17) is 34.8 Å². The van der Waals surface area contributed by atoms with Crippen LogP contribution in [-0.4, -0.2) is 33.0 Å². The fourth-order valence-corrected chi connectivity index (χ4v) is 5.92. The number of nitrogens with one attached hydrogen (secondary N) is 1. The summed E-state index contributed by atoms with van der Waals surface area (Å²) in [6.07, 6.45) is 7.57. The number of benzene rings is 2. The van der Waals surface area contributed by atoms with Gasteiger partial charge in [0.2, 0.25) is 11.8 Å². The minimum Gasteiger partial charge on any atom is -0.388 e. The van der Waals surface area contributed by atoms with Crippen molar-refractivity contribution >= 4 is 52.0 Å². The number of aromatic nitrogens is 2. The number of hydrogen-bond donors (Lipinski definition) is 3. The normalized spacial score (nSPS) is 20.0. The number of amides is 2. The summed E-state index contributed by atoms with van der Waals surface area (Å²) in [6.45, 7) is 2.44. The number of fused-ring (bicyclic) bond motifs is 4. The maximum absolute atomic E-state index is 13.8. The average molecular weight is 595 g/mol. The minimum absolute atomic E-state index is 0.0306. The molecule has 2 aromatic carbocycles. The zero-order valence-corrected chi connectivity index (χ0v) is 24.5. The smallest absolute Gasteiger partial charge is 0.247 e. The number of rotatable bonds is 4. The molecule has 2 unspecified atom stereocenters. The highest BCUT2D eigenvalue weighted by Crippen LogP contribution is 2.38. The number of halogens is 2. The second kappa shape index (κ2) is 12.0. The molecule has 2 bridgehead atoms. The number of aryl methyl sites for hydroxylation is 1. The van der Waals surface area contributed by atoms with Crippen LogP contribution in [0.2, 0.25) is 5.02 Å². The van der Waals surface area contributed by atoms with Gasteiger partial charge < -0.3 is 16.0 Å². The highest BCUT2D eigenvalue weighted by molar-refractivity contribution is 6.31. The number of carbonyl (C=O) groups is 2. The number of anilines is 2. The minimum atomic E-state index is -0.179. The van der Waals surface area contributed by atoms with Crippen molar-refractivity contribution in [1.82, 2.24) is 14.7 Å². The second-order valence-electron chi connectivity index (χ2n) is 10.5. The first-order chi connectivity index (χ1) is 19.6. The van der Waals surface area contributed by atoms with Crippen molar-refractivity contribution in [2.75, 3.05) is 16.9 Å². The van der Waals surface area contributed by atoms with Crippen LogP contribution >= 0.6 is 23.2 Å². The lowest BCUT2D eigenvalue weighted by molar-refractivity contribution is -0.129. The first-order valence-corrected chi connectivity index (χ1v) is 14.3. The number of hydrogen-bond acceptors (Lipinski definition) is 6. The molecule has 41 heavy (non-hydrogen) atoms. The van der Waals surface area contributed by atoms with Crippen LogP contribution in [-0.2, 0) is 16.6 Å². The molecule has 2 amide bonds. The van der Waals surface area contributed by atoms with Gasteiger partial charge in [0.1, 0.15) is 5.16 Å². The quantitative estimate of drug-likeness (QED) is 0.207. The lowest BCUT2D eigenvalue weighted by atomic mass is 9.91. The Morgan fingerprint density at radius 2 is 2.00 bits per heavy atom. The van der Waals surface area contributed by atoms with E-state index in [1.54, 1.807) is 35.2 Å². The van der Waals surface area contributed by atoms with Gasteiger partial charge in [0.15, 0.2) is 0 Å². The summed E-state index contributed by atoms with van der Waals surface area (Å²) >= 11 is 12.2. The SMILES string of the molecule is CC1CCCC(N2CCC(c3cc(Cl)ccc3N(N)/C=C(\N)Cl)=CC2=O)c2cccc(c2)-c2c(cnn2C)NC1=O. The Kier molecular flexibility index (Phi) is 8.40. The molecule has 0 radical (unpaired) electrons. The van der Waals surface area contributed by atoms with Crippen molar-refractivity contribution in [2.45, 2.75) is 38.6 Å². The summed E-state index contributed by atoms with van der Waals surface area (Å²) in [6, 6.07) is 13.3. The van der Waals surface area contributed by atoms with E-state index < -0.39 is 0 Å². The summed E-state index contributed by atoms with van der Waals surface area (Å²) in [5.41, 5.74) is 11.3. The second-order valence-corrected chi connectivity index (χ2v) is 11.4. The van der Waals surface area contributed by atoms with Crippen molar-refractivity contribution < 1.29 is 9.59 Å². The van der Waals surface area contributed by atoms with E-state index in [0.29, 0.717) is 35.8 Å². The van der Waals surface area contributed by atoms with Crippen LogP contribution in [0.3, 0.4) is 0 Å². The van der Waals surface area contributed by atoms with E-state index in [1.165, 1.54) is 11.2 Å². The molecule has 0 saturated heterocycles. The standard InChI is InChI=1S/C30H33Cl2N7O2/c1-18-5-3-8-25(20-6-4-7-21(13-20)29-24(36-30(18)41)16-35-37(29)2)38-12-11-19(14-28(38)40)23-15-22(31)9-10-26(23)39(34)17-27(32)33/h4,6-7,9-10,13-18,25H,3,5,8,11-12,33-34H2,1-2H3,(H,36,41)/b27-17-. The lowest BCUT2D eigenvalue weighted by Crippen LogP contribution is -2.37. The van der Waals surface area contributed by atoms with E-state index in [9.17, 15) is 9.59 Å². The molecule has 5 N–H and O–H groups in total. The van der Waals surface area contributed by atoms with Gasteiger partial charge in [-0.2, -0.15) is 5.10 Å². The Hall–Kier alpha value is -3.79. The van der Waals surface area contributed by atoms with E-state index in [-0.39, 0.29) is 28.9 Å². The molecule has 3 heterocycles. The van der Waals surface area contributed by atoms with Gasteiger partial charge in [-0.3, -0.25) is 19.3 Å². The molecule has 0 fully saturated rings. The number of nitrogens with two attached hydrogens (primary N) is 2. The van der Waals surface area contributed by atoms with Crippen LogP contribution < -0.4 is 21.9 Å². The van der Waals surface area contributed by atoms with Crippen molar-refractivity contribution in [1.29, 1.82) is 0 Å². The fourth-order valence-electron chi connectivity index (χ4n) is 5.64. The zero-order valence-electron chi connectivity index (χ0n) is 23.0. The van der Waals surface area contributed by atoms with Crippen molar-refractivity contribution in [2.24, 2.45) is 24.5 Å². The molecule has 0 saturated carbocycles. The predicted molar refractivity (Wildman–Crippen MR) is 164 cm³/mol. The Balaban J connectivity index is 1.51. The van der Waals surface area contributed by atoms with Gasteiger partial charge in [-0.05, 0) is 54.7 Å². The van der Waals surface area contributed by atoms with E-state index in [0.717, 1.165) is 40.8 Å². The van der Waals surface area contributed by atoms with Gasteiger partial charge in [-0.25, -0.2) is 5.84 Å². The molecule has 2 aliphatic rings. The highest BCUT2D eigenvalue weighted by Gasteiger charge is 2.30. The molecular formula is C30H33Cl2N7O2. The summed E-state index contributed by atoms with van der Waals surface area (Å²) < 4.78 is 1.76. The van der Waals surface area contributed by atoms with Crippen molar-refractivity contribution in [3.63, 3.8) is 0 Å². The van der Waals surface area contributed by atoms with Crippen molar-refractivity contribution in [3.8, 4) is 11.3 Å². The van der Waals surface area contributed by atoms with Crippen LogP contribution in [0, 0.1) is 5.92 Å². The first-order valence-electron chi connectivity index (χ1n) is 13.5. The van der Waals surface area contributed by atoms with Gasteiger partial charge in [0, 0.05) is 41.7 Å². The van der Waals surface area contributed by atoms with E-state index >= 15 is 0 Å². The van der Waals surface area contributed by atoms with Crippen LogP contribution in [0.25, 0.3) is 16.8 Å². The third-order valence-corrected chi connectivity index (χ3v) is 8.06. The molecule has 214 valence electrons. The molecule has 5 rings (SSSR count). The molecule has 1 aromatic heterocycles. The van der Waals surface area contributed by atoms with Crippen LogP contribution in [0.1, 0.15) is 49.8 Å². The van der Waals surface area contributed by atoms with Gasteiger partial charge in [-0.1, -0.05) is 54.7 Å². The zero-order chi connectivity index (χ0) is 29.3. The topological polar surface area (TPSA) is 123 Å². The van der Waals surface area contributed by atoms with E-state index in [2.05, 4.69) is 22.5 Å². The van der Waals surface area contributed by atoms with Gasteiger partial charge in [0.05, 0.1) is 35.5 Å². The molecule has 2 atom stereocenters. The molecular weight excluding hydrogens is 561 g/mol. The molecule has 0 aliphatic carbocycles. The number of nitrogens with zero attached hydrogens (tertiary/aromatic N) is 4. The van der Waals surface area contributed by atoms with Crippen LogP contribution in [0.5, 0.6) is 0 Å². The molecule has 3 aromatic rings. The largest absolute Gasteiger partial charge is 0.388 e. The van der Waals surface area contributed by atoms with Crippen LogP contribution in [0.15, 0.2) is 66.1 Å². The molecule has 0 spiro atoms. The van der Waals surface area contributed by atoms with Gasteiger partial charge >= 0.3 is 0 Å². The third kappa shape index (κ3) is 6.12. The number of carbonyl (C=O) groups excluding carboxylic acids is 2. The van der Waals surface area contributed by atoms with Crippen molar-refractivity contribution in [3.05, 3.63) is 82.2 Å². The maximum atomic E-state index is 13.8. The monoisotopic (exact) mass is 593 g/mol. The Morgan fingerprint density at radius 3 is 2.76 bits per heavy atom. The van der Waals surface area contributed by atoms with Gasteiger partial charge in [0.25, 0.3) is 0 Å². The first kappa shape index (κ1) is 28.7. The summed E-state index contributed by atoms with van der Waals surface area (Å²) in [5.74, 6) is 5.89. The average Bonchev–Trinajstić information content (AvgIpc) is 3.29. The molecule has 11 heteroatoms. The molecule has 9 nitrogen and oxygen atoms in total. The highest BCUT2D eigenvalue weighted by atomic mass is 35.5. The fraction of sp³-hybridized carbons (Fsp3) is 0.300. The summed E-state index contributed by atoms with van der Waals surface area (Å²) in [5, 5.41) is 9.33.